The molecule has 0 fully saturated rings. The van der Waals surface area contributed by atoms with Crippen LogP contribution >= 0.6 is 39.3 Å². The molecule has 4 nitrogen and oxygen atoms in total. The maximum atomic E-state index is 5.83. The summed E-state index contributed by atoms with van der Waals surface area (Å²) in [7, 11) is 1.61. The van der Waals surface area contributed by atoms with Crippen LogP contribution in [0.4, 0.5) is 11.5 Å². The first-order valence-corrected chi connectivity index (χ1v) is 6.19. The van der Waals surface area contributed by atoms with Crippen LogP contribution < -0.4 is 10.1 Å². The fraction of sp³-hybridized carbons (Fsp3) is 0.111. The molecular formula is C9H7BrClN3OS. The van der Waals surface area contributed by atoms with Crippen molar-refractivity contribution >= 4 is 50.8 Å². The Kier molecular flexibility index (Phi) is 3.63. The van der Waals surface area contributed by atoms with Crippen molar-refractivity contribution in [1.29, 1.82) is 0 Å². The molecule has 0 bridgehead atoms. The summed E-state index contributed by atoms with van der Waals surface area (Å²) in [5.41, 5.74) is 0.842. The molecule has 0 atom stereocenters. The van der Waals surface area contributed by atoms with E-state index in [1.54, 1.807) is 7.11 Å². The summed E-state index contributed by atoms with van der Waals surface area (Å²) >= 11 is 10.3. The van der Waals surface area contributed by atoms with E-state index in [1.807, 2.05) is 18.2 Å². The van der Waals surface area contributed by atoms with Crippen LogP contribution in [0.25, 0.3) is 0 Å². The summed E-state index contributed by atoms with van der Waals surface area (Å²) in [5, 5.41) is 3.43. The molecule has 1 aromatic heterocycles. The van der Waals surface area contributed by atoms with Crippen molar-refractivity contribution in [3.63, 3.8) is 0 Å². The molecule has 2 aromatic rings. The molecule has 0 radical (unpaired) electrons. The first-order valence-electron chi connectivity index (χ1n) is 4.29. The minimum absolute atomic E-state index is 0.367. The Morgan fingerprint density at radius 2 is 2.25 bits per heavy atom. The molecule has 0 saturated heterocycles. The van der Waals surface area contributed by atoms with E-state index in [9.17, 15) is 0 Å². The Bertz CT molecular complexity index is 505. The van der Waals surface area contributed by atoms with Crippen molar-refractivity contribution in [2.75, 3.05) is 12.4 Å². The van der Waals surface area contributed by atoms with Gasteiger partial charge < -0.3 is 10.1 Å². The van der Waals surface area contributed by atoms with Gasteiger partial charge in [0.25, 0.3) is 0 Å². The smallest absolute Gasteiger partial charge is 0.187 e. The molecule has 0 aliphatic carbocycles. The summed E-state index contributed by atoms with van der Waals surface area (Å²) in [5.74, 6) is 1.29. The summed E-state index contributed by atoms with van der Waals surface area (Å²) in [6.45, 7) is 0. The van der Waals surface area contributed by atoms with E-state index in [4.69, 9.17) is 16.3 Å². The number of nitrogens with zero attached hydrogens (tertiary/aromatic N) is 2. The van der Waals surface area contributed by atoms with Gasteiger partial charge in [-0.2, -0.15) is 8.75 Å². The van der Waals surface area contributed by atoms with E-state index < -0.39 is 0 Å². The van der Waals surface area contributed by atoms with Gasteiger partial charge >= 0.3 is 0 Å². The Labute approximate surface area is 110 Å². The van der Waals surface area contributed by atoms with Gasteiger partial charge in [0.05, 0.1) is 23.3 Å². The summed E-state index contributed by atoms with van der Waals surface area (Å²) in [4.78, 5) is 0. The maximum Gasteiger partial charge on any atom is 0.187 e. The number of aromatic nitrogens is 2. The molecule has 16 heavy (non-hydrogen) atoms. The lowest BCUT2D eigenvalue weighted by atomic mass is 10.3. The summed E-state index contributed by atoms with van der Waals surface area (Å²) in [6, 6.07) is 5.62. The van der Waals surface area contributed by atoms with Crippen molar-refractivity contribution < 1.29 is 4.74 Å². The van der Waals surface area contributed by atoms with Gasteiger partial charge in [-0.3, -0.25) is 0 Å². The molecule has 84 valence electrons. The standard InChI is InChI=1S/C9H7BrClN3OS/c1-15-7-4-5(2-3-6(7)10)12-9-8(11)13-16-14-9/h2-4H,1H3,(H,12,14). The lowest BCUT2D eigenvalue weighted by Gasteiger charge is -2.07. The molecule has 7 heteroatoms. The van der Waals surface area contributed by atoms with Crippen LogP contribution in [0.2, 0.25) is 5.15 Å². The molecule has 0 spiro atoms. The van der Waals surface area contributed by atoms with E-state index in [0.29, 0.717) is 11.0 Å². The van der Waals surface area contributed by atoms with Crippen LogP contribution in [-0.2, 0) is 0 Å². The van der Waals surface area contributed by atoms with E-state index in [2.05, 4.69) is 30.0 Å². The second-order valence-corrected chi connectivity index (χ2v) is 4.62. The van der Waals surface area contributed by atoms with E-state index in [-0.39, 0.29) is 0 Å². The van der Waals surface area contributed by atoms with E-state index >= 15 is 0 Å². The lowest BCUT2D eigenvalue weighted by molar-refractivity contribution is 0.412. The second kappa shape index (κ2) is 4.99. The van der Waals surface area contributed by atoms with Crippen LogP contribution in [-0.4, -0.2) is 15.9 Å². The predicted octanol–water partition coefficient (Wildman–Crippen LogP) is 3.71. The quantitative estimate of drug-likeness (QED) is 0.936. The van der Waals surface area contributed by atoms with Crippen molar-refractivity contribution in [3.05, 3.63) is 27.8 Å². The third-order valence-corrected chi connectivity index (χ3v) is 3.41. The van der Waals surface area contributed by atoms with Crippen molar-refractivity contribution in [2.45, 2.75) is 0 Å². The maximum absolute atomic E-state index is 5.83. The first-order chi connectivity index (χ1) is 7.70. The molecule has 1 N–H and O–H groups in total. The third kappa shape index (κ3) is 2.45. The van der Waals surface area contributed by atoms with Crippen LogP contribution in [0.3, 0.4) is 0 Å². The van der Waals surface area contributed by atoms with Crippen molar-refractivity contribution in [2.24, 2.45) is 0 Å². The van der Waals surface area contributed by atoms with E-state index in [0.717, 1.165) is 27.6 Å². The minimum atomic E-state index is 0.367. The number of benzene rings is 1. The number of halogens is 2. The molecule has 0 saturated carbocycles. The molecule has 0 amide bonds. The highest BCUT2D eigenvalue weighted by Crippen LogP contribution is 2.30. The highest BCUT2D eigenvalue weighted by atomic mass is 79.9. The van der Waals surface area contributed by atoms with Crippen molar-refractivity contribution in [3.8, 4) is 5.75 Å². The fourth-order valence-electron chi connectivity index (χ4n) is 1.13. The number of hydrogen-bond acceptors (Lipinski definition) is 5. The number of hydrogen-bond donors (Lipinski definition) is 1. The Morgan fingerprint density at radius 1 is 1.44 bits per heavy atom. The second-order valence-electron chi connectivity index (χ2n) is 2.88. The molecular weight excluding hydrogens is 314 g/mol. The van der Waals surface area contributed by atoms with Crippen LogP contribution in [0.1, 0.15) is 0 Å². The highest BCUT2D eigenvalue weighted by molar-refractivity contribution is 9.10. The van der Waals surface area contributed by atoms with Crippen molar-refractivity contribution in [1.82, 2.24) is 8.75 Å². The molecule has 1 heterocycles. The van der Waals surface area contributed by atoms with Gasteiger partial charge in [0.2, 0.25) is 0 Å². The number of methoxy groups -OCH3 is 1. The van der Waals surface area contributed by atoms with Gasteiger partial charge in [0.15, 0.2) is 11.0 Å². The average Bonchev–Trinajstić information content (AvgIpc) is 2.67. The van der Waals surface area contributed by atoms with Crippen LogP contribution in [0.15, 0.2) is 22.7 Å². The van der Waals surface area contributed by atoms with Gasteiger partial charge in [-0.15, -0.1) is 0 Å². The zero-order valence-electron chi connectivity index (χ0n) is 8.20. The number of ether oxygens (including phenoxy) is 1. The van der Waals surface area contributed by atoms with Gasteiger partial charge in [0, 0.05) is 11.8 Å². The number of nitrogens with one attached hydrogen (secondary N) is 1. The average molecular weight is 321 g/mol. The molecule has 0 unspecified atom stereocenters. The topological polar surface area (TPSA) is 47.0 Å². The van der Waals surface area contributed by atoms with Gasteiger partial charge in [0.1, 0.15) is 5.75 Å². The Hall–Kier alpha value is -0.850. The monoisotopic (exact) mass is 319 g/mol. The SMILES string of the molecule is COc1cc(Nc2nsnc2Cl)ccc1Br. The summed E-state index contributed by atoms with van der Waals surface area (Å²) < 4.78 is 14.0. The van der Waals surface area contributed by atoms with E-state index in [1.165, 1.54) is 0 Å². The zero-order chi connectivity index (χ0) is 11.5. The Morgan fingerprint density at radius 3 is 2.88 bits per heavy atom. The van der Waals surface area contributed by atoms with Crippen LogP contribution in [0.5, 0.6) is 5.75 Å². The fourth-order valence-corrected chi connectivity index (χ4v) is 2.18. The first kappa shape index (κ1) is 11.6. The molecule has 0 aliphatic rings. The lowest BCUT2D eigenvalue weighted by Crippen LogP contribution is -1.92. The van der Waals surface area contributed by atoms with Gasteiger partial charge in [-0.1, -0.05) is 11.6 Å². The van der Waals surface area contributed by atoms with Gasteiger partial charge in [-0.25, -0.2) is 0 Å². The minimum Gasteiger partial charge on any atom is -0.495 e. The molecule has 2 rings (SSSR count). The normalized spacial score (nSPS) is 10.2. The number of rotatable bonds is 3. The highest BCUT2D eigenvalue weighted by Gasteiger charge is 2.07. The third-order valence-electron chi connectivity index (χ3n) is 1.86. The van der Waals surface area contributed by atoms with Gasteiger partial charge in [-0.05, 0) is 28.1 Å². The largest absolute Gasteiger partial charge is 0.495 e. The predicted molar refractivity (Wildman–Crippen MR) is 68.9 cm³/mol. The molecule has 0 aliphatic heterocycles. The zero-order valence-corrected chi connectivity index (χ0v) is 11.4. The van der Waals surface area contributed by atoms with Crippen LogP contribution in [0, 0.1) is 0 Å². The summed E-state index contributed by atoms with van der Waals surface area (Å²) in [6.07, 6.45) is 0. The number of anilines is 2. The Balaban J connectivity index is 2.25. The molecule has 1 aromatic carbocycles.